The Hall–Kier alpha value is -2.55. The van der Waals surface area contributed by atoms with E-state index in [1.165, 1.54) is 5.56 Å². The molecule has 0 aliphatic heterocycles. The summed E-state index contributed by atoms with van der Waals surface area (Å²) in [5.74, 6) is 1.21. The Labute approximate surface area is 157 Å². The number of rotatable bonds is 8. The predicted molar refractivity (Wildman–Crippen MR) is 108 cm³/mol. The Balaban J connectivity index is 2.05. The third kappa shape index (κ3) is 5.22. The van der Waals surface area contributed by atoms with E-state index < -0.39 is 0 Å². The maximum absolute atomic E-state index is 12.3. The van der Waals surface area contributed by atoms with Crippen LogP contribution in [0.1, 0.15) is 62.3 Å². The zero-order chi connectivity index (χ0) is 18.9. The van der Waals surface area contributed by atoms with Crippen molar-refractivity contribution in [2.75, 3.05) is 7.11 Å². The summed E-state index contributed by atoms with van der Waals surface area (Å²) in [6.07, 6.45) is 5.32. The van der Waals surface area contributed by atoms with E-state index in [9.17, 15) is 4.79 Å². The molecule has 3 nitrogen and oxygen atoms in total. The Morgan fingerprint density at radius 1 is 1.04 bits per heavy atom. The molecule has 2 aromatic carbocycles. The van der Waals surface area contributed by atoms with Crippen LogP contribution in [0.4, 0.5) is 0 Å². The molecular formula is C23H29NO2. The van der Waals surface area contributed by atoms with Gasteiger partial charge in [0.1, 0.15) is 5.75 Å². The lowest BCUT2D eigenvalue weighted by atomic mass is 9.95. The number of ether oxygens (including phenoxy) is 1. The van der Waals surface area contributed by atoms with Gasteiger partial charge >= 0.3 is 0 Å². The summed E-state index contributed by atoms with van der Waals surface area (Å²) in [6.45, 7) is 6.51. The molecule has 1 amide bonds. The number of benzene rings is 2. The standard InChI is InChI=1S/C23H29NO2/c1-5-17(3)18-11-13-19(14-12-18)21(6-2)24-23(25)16-15-20-9-7-8-10-22(20)26-4/h7-17,21H,5-6H2,1-4H3,(H,24,25)/b16-15+/t17-,21-/m1/s1. The fraction of sp³-hybridized carbons (Fsp3) is 0.348. The van der Waals surface area contributed by atoms with Crippen molar-refractivity contribution in [2.24, 2.45) is 0 Å². The van der Waals surface area contributed by atoms with Crippen LogP contribution in [0.2, 0.25) is 0 Å². The van der Waals surface area contributed by atoms with Crippen molar-refractivity contribution in [3.8, 4) is 5.75 Å². The second kappa shape index (κ2) is 9.81. The zero-order valence-electron chi connectivity index (χ0n) is 16.2. The van der Waals surface area contributed by atoms with Gasteiger partial charge < -0.3 is 10.1 Å². The maximum Gasteiger partial charge on any atom is 0.244 e. The van der Waals surface area contributed by atoms with E-state index >= 15 is 0 Å². The molecule has 0 radical (unpaired) electrons. The lowest BCUT2D eigenvalue weighted by Gasteiger charge is -2.18. The van der Waals surface area contributed by atoms with E-state index in [1.54, 1.807) is 19.3 Å². The van der Waals surface area contributed by atoms with Gasteiger partial charge in [0, 0.05) is 11.6 Å². The van der Waals surface area contributed by atoms with Crippen LogP contribution in [0.3, 0.4) is 0 Å². The molecule has 3 heteroatoms. The molecule has 2 rings (SSSR count). The number of carbonyl (C=O) groups excluding carboxylic acids is 1. The highest BCUT2D eigenvalue weighted by atomic mass is 16.5. The summed E-state index contributed by atoms with van der Waals surface area (Å²) in [4.78, 5) is 12.3. The average molecular weight is 351 g/mol. The molecule has 0 saturated carbocycles. The van der Waals surface area contributed by atoms with Crippen LogP contribution in [0, 0.1) is 0 Å². The van der Waals surface area contributed by atoms with Crippen molar-refractivity contribution in [1.82, 2.24) is 5.32 Å². The van der Waals surface area contributed by atoms with Crippen molar-refractivity contribution < 1.29 is 9.53 Å². The van der Waals surface area contributed by atoms with E-state index in [4.69, 9.17) is 4.74 Å². The third-order valence-corrected chi connectivity index (χ3v) is 4.80. The number of para-hydroxylation sites is 1. The molecule has 0 aliphatic carbocycles. The highest BCUT2D eigenvalue weighted by Gasteiger charge is 2.12. The smallest absolute Gasteiger partial charge is 0.244 e. The number of methoxy groups -OCH3 is 1. The Bertz CT molecular complexity index is 734. The second-order valence-electron chi connectivity index (χ2n) is 6.52. The predicted octanol–water partition coefficient (Wildman–Crippen LogP) is 5.49. The number of hydrogen-bond donors (Lipinski definition) is 1. The largest absolute Gasteiger partial charge is 0.496 e. The summed E-state index contributed by atoms with van der Waals surface area (Å²) in [5.41, 5.74) is 3.36. The summed E-state index contributed by atoms with van der Waals surface area (Å²) < 4.78 is 5.31. The first-order valence-electron chi connectivity index (χ1n) is 9.30. The Morgan fingerprint density at radius 3 is 2.31 bits per heavy atom. The molecule has 2 aromatic rings. The fourth-order valence-electron chi connectivity index (χ4n) is 2.90. The third-order valence-electron chi connectivity index (χ3n) is 4.80. The van der Waals surface area contributed by atoms with E-state index in [0.717, 1.165) is 29.7 Å². The molecule has 138 valence electrons. The van der Waals surface area contributed by atoms with Gasteiger partial charge in [0.25, 0.3) is 0 Å². The zero-order valence-corrected chi connectivity index (χ0v) is 16.2. The normalized spacial score (nSPS) is 13.4. The molecule has 0 bridgehead atoms. The van der Waals surface area contributed by atoms with Gasteiger partial charge in [-0.05, 0) is 42.0 Å². The topological polar surface area (TPSA) is 38.3 Å². The van der Waals surface area contributed by atoms with Gasteiger partial charge in [-0.2, -0.15) is 0 Å². The SMILES string of the molecule is CC[C@@H](C)c1ccc([C@@H](CC)NC(=O)/C=C/c2ccccc2OC)cc1. The average Bonchev–Trinajstić information content (AvgIpc) is 2.70. The molecule has 0 aromatic heterocycles. The van der Waals surface area contributed by atoms with E-state index in [0.29, 0.717) is 5.92 Å². The second-order valence-corrected chi connectivity index (χ2v) is 6.52. The van der Waals surface area contributed by atoms with E-state index in [-0.39, 0.29) is 11.9 Å². The summed E-state index contributed by atoms with van der Waals surface area (Å²) in [5, 5.41) is 3.09. The summed E-state index contributed by atoms with van der Waals surface area (Å²) in [7, 11) is 1.63. The number of nitrogens with one attached hydrogen (secondary N) is 1. The first kappa shape index (κ1) is 19.8. The Kier molecular flexibility index (Phi) is 7.46. The maximum atomic E-state index is 12.3. The van der Waals surface area contributed by atoms with Crippen molar-refractivity contribution >= 4 is 12.0 Å². The quantitative estimate of drug-likeness (QED) is 0.639. The molecule has 0 heterocycles. The van der Waals surface area contributed by atoms with Gasteiger partial charge in [-0.3, -0.25) is 4.79 Å². The van der Waals surface area contributed by atoms with Crippen LogP contribution in [0.5, 0.6) is 5.75 Å². The first-order valence-corrected chi connectivity index (χ1v) is 9.30. The summed E-state index contributed by atoms with van der Waals surface area (Å²) in [6, 6.07) is 16.2. The van der Waals surface area contributed by atoms with Gasteiger partial charge in [0.2, 0.25) is 5.91 Å². The van der Waals surface area contributed by atoms with Crippen molar-refractivity contribution in [1.29, 1.82) is 0 Å². The number of carbonyl (C=O) groups is 1. The molecule has 1 N–H and O–H groups in total. The highest BCUT2D eigenvalue weighted by Crippen LogP contribution is 2.23. The van der Waals surface area contributed by atoms with Crippen molar-refractivity contribution in [3.05, 3.63) is 71.3 Å². The van der Waals surface area contributed by atoms with Crippen LogP contribution in [0.15, 0.2) is 54.6 Å². The lowest BCUT2D eigenvalue weighted by Crippen LogP contribution is -2.26. The molecular weight excluding hydrogens is 322 g/mol. The molecule has 0 fully saturated rings. The van der Waals surface area contributed by atoms with Gasteiger partial charge in [0.05, 0.1) is 13.2 Å². The van der Waals surface area contributed by atoms with Gasteiger partial charge in [0.15, 0.2) is 0 Å². The van der Waals surface area contributed by atoms with Crippen molar-refractivity contribution in [2.45, 2.75) is 45.6 Å². The molecule has 26 heavy (non-hydrogen) atoms. The fourth-order valence-corrected chi connectivity index (χ4v) is 2.90. The van der Waals surface area contributed by atoms with Gasteiger partial charge in [-0.25, -0.2) is 0 Å². The van der Waals surface area contributed by atoms with Crippen LogP contribution < -0.4 is 10.1 Å². The van der Waals surface area contributed by atoms with Crippen LogP contribution in [-0.4, -0.2) is 13.0 Å². The van der Waals surface area contributed by atoms with Crippen LogP contribution in [0.25, 0.3) is 6.08 Å². The lowest BCUT2D eigenvalue weighted by molar-refractivity contribution is -0.117. The first-order chi connectivity index (χ1) is 12.6. The Morgan fingerprint density at radius 2 is 1.69 bits per heavy atom. The molecule has 0 aliphatic rings. The van der Waals surface area contributed by atoms with Crippen LogP contribution >= 0.6 is 0 Å². The molecule has 0 saturated heterocycles. The summed E-state index contributed by atoms with van der Waals surface area (Å²) >= 11 is 0. The molecule has 0 spiro atoms. The minimum absolute atomic E-state index is 0.0100. The van der Waals surface area contributed by atoms with Gasteiger partial charge in [-0.1, -0.05) is 63.2 Å². The van der Waals surface area contributed by atoms with Crippen LogP contribution in [-0.2, 0) is 4.79 Å². The minimum atomic E-state index is -0.103. The van der Waals surface area contributed by atoms with E-state index in [1.807, 2.05) is 24.3 Å². The minimum Gasteiger partial charge on any atom is -0.496 e. The van der Waals surface area contributed by atoms with Gasteiger partial charge in [-0.15, -0.1) is 0 Å². The number of hydrogen-bond acceptors (Lipinski definition) is 2. The van der Waals surface area contributed by atoms with E-state index in [2.05, 4.69) is 50.4 Å². The van der Waals surface area contributed by atoms with Crippen molar-refractivity contribution in [3.63, 3.8) is 0 Å². The molecule has 0 unspecified atom stereocenters. The monoisotopic (exact) mass is 351 g/mol. The number of amides is 1. The highest BCUT2D eigenvalue weighted by molar-refractivity contribution is 5.92. The molecule has 2 atom stereocenters.